The molecule has 3 unspecified atom stereocenters. The summed E-state index contributed by atoms with van der Waals surface area (Å²) >= 11 is 0. The molecule has 1 heterocycles. The molecule has 4 rings (SSSR count). The molecule has 1 aliphatic carbocycles. The molecule has 8 nitrogen and oxygen atoms in total. The van der Waals surface area contributed by atoms with E-state index in [2.05, 4.69) is 10.2 Å². The fourth-order valence-electron chi connectivity index (χ4n) is 5.34. The highest BCUT2D eigenvalue weighted by molar-refractivity contribution is 5.83. The summed E-state index contributed by atoms with van der Waals surface area (Å²) < 4.78 is 22.9. The lowest BCUT2D eigenvalue weighted by Crippen LogP contribution is -2.46. The van der Waals surface area contributed by atoms with Crippen molar-refractivity contribution in [2.45, 2.75) is 51.9 Å². The highest BCUT2D eigenvalue weighted by atomic mass is 16.5. The molecule has 0 bridgehead atoms. The molecule has 2 aromatic rings. The zero-order chi connectivity index (χ0) is 25.3. The molecule has 0 spiro atoms. The van der Waals surface area contributed by atoms with Crippen LogP contribution >= 0.6 is 0 Å². The molecule has 8 heteroatoms. The highest BCUT2D eigenvalue weighted by Crippen LogP contribution is 2.50. The van der Waals surface area contributed by atoms with Gasteiger partial charge in [0.15, 0.2) is 11.5 Å². The molecule has 35 heavy (non-hydrogen) atoms. The van der Waals surface area contributed by atoms with Gasteiger partial charge < -0.3 is 29.2 Å². The van der Waals surface area contributed by atoms with Crippen molar-refractivity contribution < 1.29 is 23.7 Å². The van der Waals surface area contributed by atoms with E-state index in [1.54, 1.807) is 27.4 Å². The Morgan fingerprint density at radius 2 is 1.71 bits per heavy atom. The Hall–Kier alpha value is -3.26. The van der Waals surface area contributed by atoms with Gasteiger partial charge >= 0.3 is 0 Å². The minimum atomic E-state index is -0.327. The molecule has 188 valence electrons. The van der Waals surface area contributed by atoms with Crippen LogP contribution in [0.1, 0.15) is 44.4 Å². The number of benzene rings is 1. The Balaban J connectivity index is 1.99. The second-order valence-electron chi connectivity index (χ2n) is 9.23. The normalized spacial score (nSPS) is 21.3. The van der Waals surface area contributed by atoms with Gasteiger partial charge in [0.25, 0.3) is 0 Å². The monoisotopic (exact) mass is 482 g/mol. The summed E-state index contributed by atoms with van der Waals surface area (Å²) in [6.07, 6.45) is 1.33. The minimum absolute atomic E-state index is 0.0196. The maximum atomic E-state index is 13.6. The van der Waals surface area contributed by atoms with Crippen LogP contribution in [0.15, 0.2) is 29.1 Å². The number of carbonyl (C=O) groups is 1. The van der Waals surface area contributed by atoms with E-state index in [0.29, 0.717) is 48.9 Å². The third-order valence-corrected chi connectivity index (χ3v) is 6.65. The molecule has 0 radical (unpaired) electrons. The number of hydrogen-bond acceptors (Lipinski definition) is 7. The maximum Gasteiger partial charge on any atom is 0.217 e. The van der Waals surface area contributed by atoms with E-state index in [9.17, 15) is 9.59 Å². The lowest BCUT2D eigenvalue weighted by Gasteiger charge is -2.36. The summed E-state index contributed by atoms with van der Waals surface area (Å²) in [5.41, 5.74) is 3.95. The number of aryl methyl sites for hydroxylation is 1. The van der Waals surface area contributed by atoms with Crippen LogP contribution in [0.3, 0.4) is 0 Å². The van der Waals surface area contributed by atoms with E-state index in [-0.39, 0.29) is 29.6 Å². The summed E-state index contributed by atoms with van der Waals surface area (Å²) in [6, 6.07) is 7.13. The fourth-order valence-corrected chi connectivity index (χ4v) is 5.34. The van der Waals surface area contributed by atoms with Gasteiger partial charge in [0.1, 0.15) is 0 Å². The van der Waals surface area contributed by atoms with E-state index < -0.39 is 0 Å². The van der Waals surface area contributed by atoms with Crippen LogP contribution < -0.4 is 29.9 Å². The smallest absolute Gasteiger partial charge is 0.217 e. The second kappa shape index (κ2) is 10.2. The number of methoxy groups -OCH3 is 3. The number of rotatable bonds is 5. The molecule has 0 saturated carbocycles. The molecule has 1 amide bonds. The molecule has 0 aromatic heterocycles. The van der Waals surface area contributed by atoms with Crippen LogP contribution in [0.2, 0.25) is 0 Å². The number of morpholine rings is 1. The first-order valence-corrected chi connectivity index (χ1v) is 11.9. The maximum absolute atomic E-state index is 13.6. The first kappa shape index (κ1) is 24.9. The molecule has 1 N–H and O–H groups in total. The lowest BCUT2D eigenvalue weighted by atomic mass is 9.95. The van der Waals surface area contributed by atoms with Crippen molar-refractivity contribution in [3.8, 4) is 28.4 Å². The van der Waals surface area contributed by atoms with Crippen molar-refractivity contribution in [3.05, 3.63) is 45.6 Å². The van der Waals surface area contributed by atoms with E-state index >= 15 is 0 Å². The predicted octanol–water partition coefficient (Wildman–Crippen LogP) is 3.48. The zero-order valence-corrected chi connectivity index (χ0v) is 21.3. The molecule has 1 saturated heterocycles. The average molecular weight is 483 g/mol. The summed E-state index contributed by atoms with van der Waals surface area (Å²) in [4.78, 5) is 27.8. The Bertz CT molecular complexity index is 1170. The van der Waals surface area contributed by atoms with Crippen LogP contribution in [-0.2, 0) is 16.0 Å². The third kappa shape index (κ3) is 4.80. The van der Waals surface area contributed by atoms with Gasteiger partial charge in [0.2, 0.25) is 17.1 Å². The first-order valence-electron chi connectivity index (χ1n) is 11.9. The molecular formula is C27H34N2O6. The quantitative estimate of drug-likeness (QED) is 0.698. The van der Waals surface area contributed by atoms with Crippen LogP contribution in [-0.4, -0.2) is 52.5 Å². The van der Waals surface area contributed by atoms with Gasteiger partial charge in [-0.15, -0.1) is 0 Å². The Morgan fingerprint density at radius 3 is 2.31 bits per heavy atom. The predicted molar refractivity (Wildman–Crippen MR) is 135 cm³/mol. The van der Waals surface area contributed by atoms with Crippen LogP contribution in [0.5, 0.6) is 17.2 Å². The topological polar surface area (TPSA) is 86.3 Å². The first-order chi connectivity index (χ1) is 16.8. The number of hydrogen-bond donors (Lipinski definition) is 1. The Labute approximate surface area is 206 Å². The fraction of sp³-hybridized carbons (Fsp3) is 0.481. The summed E-state index contributed by atoms with van der Waals surface area (Å²) in [5, 5.41) is 3.05. The largest absolute Gasteiger partial charge is 0.493 e. The van der Waals surface area contributed by atoms with Crippen molar-refractivity contribution in [2.24, 2.45) is 0 Å². The molecule has 3 atom stereocenters. The minimum Gasteiger partial charge on any atom is -0.493 e. The van der Waals surface area contributed by atoms with E-state index in [4.69, 9.17) is 18.9 Å². The van der Waals surface area contributed by atoms with Crippen molar-refractivity contribution >= 4 is 11.6 Å². The number of fused-ring (bicyclic) bond motifs is 3. The van der Waals surface area contributed by atoms with Gasteiger partial charge in [-0.3, -0.25) is 9.59 Å². The van der Waals surface area contributed by atoms with Gasteiger partial charge in [-0.25, -0.2) is 0 Å². The van der Waals surface area contributed by atoms with Gasteiger partial charge in [0, 0.05) is 25.6 Å². The number of ether oxygens (including phenoxy) is 4. The molecule has 1 aliphatic heterocycles. The average Bonchev–Trinajstić information content (AvgIpc) is 3.05. The summed E-state index contributed by atoms with van der Waals surface area (Å²) in [7, 11) is 4.76. The van der Waals surface area contributed by atoms with Gasteiger partial charge in [-0.2, -0.15) is 0 Å². The second-order valence-corrected chi connectivity index (χ2v) is 9.23. The summed E-state index contributed by atoms with van der Waals surface area (Å²) in [6.45, 7) is 6.79. The molecule has 2 aliphatic rings. The Morgan fingerprint density at radius 1 is 1.03 bits per heavy atom. The zero-order valence-electron chi connectivity index (χ0n) is 21.3. The SMILES string of the molecule is COc1cc2c(c(OC)c1OC)-c1ccc(N3CC(C)OC(C)C3)c(=O)cc1C(NC(C)=O)CC2. The summed E-state index contributed by atoms with van der Waals surface area (Å²) in [5.74, 6) is 1.46. The van der Waals surface area contributed by atoms with Gasteiger partial charge in [-0.05, 0) is 61.6 Å². The number of amides is 1. The van der Waals surface area contributed by atoms with Crippen molar-refractivity contribution in [2.75, 3.05) is 39.3 Å². The molecular weight excluding hydrogens is 448 g/mol. The van der Waals surface area contributed by atoms with Crippen LogP contribution in [0, 0.1) is 0 Å². The van der Waals surface area contributed by atoms with Crippen molar-refractivity contribution in [1.82, 2.24) is 5.32 Å². The standard InChI is InChI=1S/C27H34N2O6/c1-15-13-29(14-16(2)35-15)22-10-8-19-20(12-23(22)31)21(28-17(3)30)9-7-18-11-24(32-4)26(33-5)27(34-6)25(18)19/h8,10-12,15-16,21H,7,9,13-14H2,1-6H3,(H,28,30). The third-order valence-electron chi connectivity index (χ3n) is 6.65. The van der Waals surface area contributed by atoms with Crippen LogP contribution in [0.4, 0.5) is 5.69 Å². The lowest BCUT2D eigenvalue weighted by molar-refractivity contribution is -0.119. The number of nitrogens with one attached hydrogen (secondary N) is 1. The number of anilines is 1. The van der Waals surface area contributed by atoms with E-state index in [1.807, 2.05) is 32.0 Å². The number of nitrogens with zero attached hydrogens (tertiary/aromatic N) is 1. The molecule has 1 fully saturated rings. The molecule has 2 aromatic carbocycles. The number of carbonyl (C=O) groups excluding carboxylic acids is 1. The van der Waals surface area contributed by atoms with Crippen LogP contribution in [0.25, 0.3) is 11.1 Å². The van der Waals surface area contributed by atoms with Crippen molar-refractivity contribution in [3.63, 3.8) is 0 Å². The Kier molecular flexibility index (Phi) is 7.21. The highest BCUT2D eigenvalue weighted by Gasteiger charge is 2.30. The van der Waals surface area contributed by atoms with Gasteiger partial charge in [0.05, 0.1) is 45.3 Å². The van der Waals surface area contributed by atoms with Gasteiger partial charge in [-0.1, -0.05) is 6.07 Å². The van der Waals surface area contributed by atoms with Crippen molar-refractivity contribution in [1.29, 1.82) is 0 Å². The van der Waals surface area contributed by atoms with E-state index in [1.165, 1.54) is 6.92 Å². The van der Waals surface area contributed by atoms with E-state index in [0.717, 1.165) is 22.3 Å².